The van der Waals surface area contributed by atoms with Gasteiger partial charge in [-0.2, -0.15) is 0 Å². The van der Waals surface area contributed by atoms with Crippen LogP contribution in [0.3, 0.4) is 0 Å². The number of nitrogens with one attached hydrogen (secondary N) is 3. The average Bonchev–Trinajstić information content (AvgIpc) is 3.20. The maximum Gasteiger partial charge on any atom is 0.255 e. The summed E-state index contributed by atoms with van der Waals surface area (Å²) in [6, 6.07) is 0.301. The molecule has 132 valence electrons. The van der Waals surface area contributed by atoms with Gasteiger partial charge in [0.25, 0.3) is 5.91 Å². The molecule has 1 amide bonds. The first-order valence-electron chi connectivity index (χ1n) is 9.17. The van der Waals surface area contributed by atoms with Gasteiger partial charge in [-0.3, -0.25) is 4.79 Å². The largest absolute Gasteiger partial charge is 0.390 e. The van der Waals surface area contributed by atoms with Crippen molar-refractivity contribution in [3.8, 4) is 0 Å². The molecule has 0 spiro atoms. The van der Waals surface area contributed by atoms with Crippen molar-refractivity contribution in [3.63, 3.8) is 0 Å². The molecule has 0 radical (unpaired) electrons. The van der Waals surface area contributed by atoms with E-state index in [2.05, 4.69) is 25.6 Å². The number of H-pyrrole nitrogens is 1. The maximum absolute atomic E-state index is 12.5. The lowest BCUT2D eigenvalue weighted by Gasteiger charge is -2.39. The van der Waals surface area contributed by atoms with Crippen molar-refractivity contribution in [1.29, 1.82) is 0 Å². The summed E-state index contributed by atoms with van der Waals surface area (Å²) in [6.07, 6.45) is 7.07. The molecule has 0 saturated heterocycles. The zero-order chi connectivity index (χ0) is 17.2. The fourth-order valence-electron chi connectivity index (χ4n) is 5.62. The normalized spacial score (nSPS) is 35.4. The Morgan fingerprint density at radius 3 is 3.00 bits per heavy atom. The number of pyridine rings is 1. The molecule has 4 fully saturated rings. The number of imidazole rings is 1. The molecular weight excluding hydrogens is 318 g/mol. The maximum atomic E-state index is 12.5. The number of aliphatic hydroxyl groups is 1. The van der Waals surface area contributed by atoms with Crippen LogP contribution in [-0.2, 0) is 0 Å². The fraction of sp³-hybridized carbons (Fsp3) is 0.611. The van der Waals surface area contributed by atoms with Crippen LogP contribution in [0.5, 0.6) is 0 Å². The molecule has 6 rings (SSSR count). The third-order valence-corrected chi connectivity index (χ3v) is 6.43. The smallest absolute Gasteiger partial charge is 0.255 e. The zero-order valence-electron chi connectivity index (χ0n) is 14.2. The van der Waals surface area contributed by atoms with Gasteiger partial charge >= 0.3 is 0 Å². The molecule has 4 saturated carbocycles. The summed E-state index contributed by atoms with van der Waals surface area (Å²) in [5.41, 5.74) is 2.29. The molecule has 7 heteroatoms. The van der Waals surface area contributed by atoms with Crippen molar-refractivity contribution in [2.24, 2.45) is 17.8 Å². The van der Waals surface area contributed by atoms with E-state index >= 15 is 0 Å². The summed E-state index contributed by atoms with van der Waals surface area (Å²) >= 11 is 0. The third-order valence-electron chi connectivity index (χ3n) is 6.43. The van der Waals surface area contributed by atoms with Crippen molar-refractivity contribution < 1.29 is 9.90 Å². The second-order valence-corrected chi connectivity index (χ2v) is 7.93. The van der Waals surface area contributed by atoms with Crippen molar-refractivity contribution in [1.82, 2.24) is 20.3 Å². The van der Waals surface area contributed by atoms with Crippen LogP contribution in [0.2, 0.25) is 0 Å². The average molecular weight is 341 g/mol. The molecule has 7 nitrogen and oxygen atoms in total. The van der Waals surface area contributed by atoms with Gasteiger partial charge in [-0.25, -0.2) is 9.97 Å². The van der Waals surface area contributed by atoms with Gasteiger partial charge in [0.2, 0.25) is 0 Å². The van der Waals surface area contributed by atoms with E-state index in [1.165, 1.54) is 6.42 Å². The number of carbonyl (C=O) groups is 1. The van der Waals surface area contributed by atoms with E-state index in [-0.39, 0.29) is 5.91 Å². The summed E-state index contributed by atoms with van der Waals surface area (Å²) < 4.78 is 0. The number of anilines is 1. The van der Waals surface area contributed by atoms with Crippen molar-refractivity contribution in [2.75, 3.05) is 11.9 Å². The number of aromatic amines is 1. The first kappa shape index (κ1) is 15.1. The van der Waals surface area contributed by atoms with Gasteiger partial charge in [-0.05, 0) is 50.4 Å². The Bertz CT molecular complexity index is 845. The molecule has 4 N–H and O–H groups in total. The zero-order valence-corrected chi connectivity index (χ0v) is 14.2. The Morgan fingerprint density at radius 1 is 1.36 bits per heavy atom. The number of hydrogen-bond donors (Lipinski definition) is 4. The highest BCUT2D eigenvalue weighted by Gasteiger charge is 2.60. The Morgan fingerprint density at radius 2 is 2.20 bits per heavy atom. The summed E-state index contributed by atoms with van der Waals surface area (Å²) in [4.78, 5) is 24.2. The predicted molar refractivity (Wildman–Crippen MR) is 93.2 cm³/mol. The van der Waals surface area contributed by atoms with E-state index in [0.717, 1.165) is 30.5 Å². The van der Waals surface area contributed by atoms with E-state index in [1.807, 2.05) is 6.92 Å². The van der Waals surface area contributed by atoms with Crippen molar-refractivity contribution in [3.05, 3.63) is 18.1 Å². The Kier molecular flexibility index (Phi) is 3.13. The highest BCUT2D eigenvalue weighted by Crippen LogP contribution is 2.60. The van der Waals surface area contributed by atoms with Gasteiger partial charge in [0.15, 0.2) is 5.65 Å². The van der Waals surface area contributed by atoms with Crippen LogP contribution in [0.15, 0.2) is 12.5 Å². The monoisotopic (exact) mass is 341 g/mol. The Balaban J connectivity index is 1.53. The topological polar surface area (TPSA) is 103 Å². The molecule has 4 bridgehead atoms. The van der Waals surface area contributed by atoms with E-state index < -0.39 is 5.60 Å². The minimum absolute atomic E-state index is 0.125. The van der Waals surface area contributed by atoms with E-state index in [1.54, 1.807) is 12.5 Å². The number of nitrogens with zero attached hydrogens (tertiary/aromatic N) is 2. The lowest BCUT2D eigenvalue weighted by atomic mass is 9.76. The predicted octanol–water partition coefficient (Wildman–Crippen LogP) is 1.67. The van der Waals surface area contributed by atoms with Crippen LogP contribution < -0.4 is 10.6 Å². The van der Waals surface area contributed by atoms with Crippen LogP contribution in [-0.4, -0.2) is 44.2 Å². The van der Waals surface area contributed by atoms with Gasteiger partial charge in [-0.1, -0.05) is 0 Å². The summed E-state index contributed by atoms with van der Waals surface area (Å²) in [6.45, 7) is 2.48. The summed E-state index contributed by atoms with van der Waals surface area (Å²) in [7, 11) is 0. The highest BCUT2D eigenvalue weighted by molar-refractivity contribution is 6.05. The molecule has 0 aliphatic heterocycles. The second kappa shape index (κ2) is 5.17. The van der Waals surface area contributed by atoms with Gasteiger partial charge in [-0.15, -0.1) is 0 Å². The lowest BCUT2D eigenvalue weighted by molar-refractivity contribution is -0.0140. The minimum Gasteiger partial charge on any atom is -0.390 e. The fourth-order valence-corrected chi connectivity index (χ4v) is 5.62. The van der Waals surface area contributed by atoms with Crippen LogP contribution >= 0.6 is 0 Å². The third kappa shape index (κ3) is 2.18. The number of aromatic nitrogens is 3. The van der Waals surface area contributed by atoms with Gasteiger partial charge in [0.1, 0.15) is 5.52 Å². The molecule has 4 aliphatic carbocycles. The second-order valence-electron chi connectivity index (χ2n) is 7.93. The van der Waals surface area contributed by atoms with Crippen LogP contribution in [0.4, 0.5) is 5.69 Å². The first-order valence-corrected chi connectivity index (χ1v) is 9.17. The van der Waals surface area contributed by atoms with E-state index in [4.69, 9.17) is 0 Å². The van der Waals surface area contributed by atoms with E-state index in [0.29, 0.717) is 41.6 Å². The van der Waals surface area contributed by atoms with Crippen LogP contribution in [0.25, 0.3) is 11.2 Å². The molecule has 4 aliphatic rings. The highest BCUT2D eigenvalue weighted by atomic mass is 16.3. The molecular formula is C18H23N5O2. The number of fused-ring (bicyclic) bond motifs is 1. The number of hydrogen-bond acceptors (Lipinski definition) is 5. The summed E-state index contributed by atoms with van der Waals surface area (Å²) in [5, 5.41) is 17.2. The van der Waals surface area contributed by atoms with Gasteiger partial charge in [0, 0.05) is 18.8 Å². The summed E-state index contributed by atoms with van der Waals surface area (Å²) in [5.74, 6) is 1.43. The van der Waals surface area contributed by atoms with E-state index in [9.17, 15) is 9.90 Å². The lowest BCUT2D eigenvalue weighted by Crippen LogP contribution is -2.43. The molecule has 5 atom stereocenters. The standard InChI is InChI=1S/C18H23N5O2/c1-2-19-17(24)12-7-20-16-15(21-8-22-16)14(12)23-13-10-3-9-4-18(25,5-10)6-11(9)13/h7-11,13,25H,2-6H2,1H3,(H,19,24)(H2,20,21,22,23)/t9?,10-,11-,13+,18-/m0/s1. The number of rotatable bonds is 4. The minimum atomic E-state index is -0.444. The Hall–Kier alpha value is -2.15. The van der Waals surface area contributed by atoms with Crippen molar-refractivity contribution in [2.45, 2.75) is 44.2 Å². The molecule has 25 heavy (non-hydrogen) atoms. The molecule has 2 aromatic heterocycles. The van der Waals surface area contributed by atoms with Gasteiger partial charge < -0.3 is 20.7 Å². The van der Waals surface area contributed by atoms with Crippen LogP contribution in [0, 0.1) is 17.8 Å². The molecule has 2 aromatic rings. The number of amides is 1. The molecule has 2 heterocycles. The first-order chi connectivity index (χ1) is 12.1. The SMILES string of the molecule is CCNC(=O)c1cnc2nc[nH]c2c1N[C@@H]1[C@H]2CC3C[C@](O)(C2)C[C@@H]31. The Labute approximate surface area is 145 Å². The van der Waals surface area contributed by atoms with Crippen molar-refractivity contribution >= 4 is 22.8 Å². The van der Waals surface area contributed by atoms with Gasteiger partial charge in [0.05, 0.1) is 23.2 Å². The van der Waals surface area contributed by atoms with Crippen LogP contribution in [0.1, 0.15) is 43.0 Å². The quantitative estimate of drug-likeness (QED) is 0.677. The molecule has 0 aromatic carbocycles. The molecule has 1 unspecified atom stereocenters. The number of carbonyl (C=O) groups excluding carboxylic acids is 1.